The Labute approximate surface area is 231 Å². The number of ether oxygens (including phenoxy) is 6. The molecule has 39 heavy (non-hydrogen) atoms. The number of hydrogen-bond acceptors (Lipinski definition) is 9. The number of hydrogen-bond donors (Lipinski definition) is 3. The SMILES string of the molecule is COC(CCCNC(=O)c1cc(C(=O)NCCCC(OC)OC)cc(C(=O)NCCCC(OC)OC)c1)OC. The van der Waals surface area contributed by atoms with Crippen molar-refractivity contribution >= 4 is 17.7 Å². The molecule has 0 bridgehead atoms. The topological polar surface area (TPSA) is 143 Å². The second-order valence-electron chi connectivity index (χ2n) is 8.70. The van der Waals surface area contributed by atoms with Crippen LogP contribution < -0.4 is 16.0 Å². The molecule has 0 heterocycles. The first kappa shape index (κ1) is 34.4. The van der Waals surface area contributed by atoms with Crippen molar-refractivity contribution in [1.29, 1.82) is 0 Å². The highest BCUT2D eigenvalue weighted by Gasteiger charge is 2.17. The monoisotopic (exact) mass is 555 g/mol. The second kappa shape index (κ2) is 20.3. The molecule has 12 nitrogen and oxygen atoms in total. The summed E-state index contributed by atoms with van der Waals surface area (Å²) in [5.74, 6) is -1.18. The fourth-order valence-electron chi connectivity index (χ4n) is 3.73. The standard InChI is InChI=1S/C27H45N3O9/c1-34-22(35-2)10-7-13-28-25(31)19-16-20(26(32)29-14-8-11-23(36-3)37-4)18-21(17-19)27(33)30-15-9-12-24(38-5)39-6/h16-18,22-24H,7-15H2,1-6H3,(H,28,31)(H,29,32)(H,30,33). The van der Waals surface area contributed by atoms with Crippen LogP contribution in [0.15, 0.2) is 18.2 Å². The van der Waals surface area contributed by atoms with Crippen molar-refractivity contribution in [3.8, 4) is 0 Å². The van der Waals surface area contributed by atoms with Gasteiger partial charge in [0.05, 0.1) is 0 Å². The maximum absolute atomic E-state index is 12.9. The van der Waals surface area contributed by atoms with Crippen molar-refractivity contribution in [1.82, 2.24) is 16.0 Å². The Morgan fingerprint density at radius 1 is 0.513 bits per heavy atom. The van der Waals surface area contributed by atoms with Gasteiger partial charge in [-0.05, 0) is 37.5 Å². The van der Waals surface area contributed by atoms with Crippen LogP contribution >= 0.6 is 0 Å². The van der Waals surface area contributed by atoms with Gasteiger partial charge in [-0.1, -0.05) is 0 Å². The second-order valence-corrected chi connectivity index (χ2v) is 8.70. The Kier molecular flexibility index (Phi) is 17.9. The highest BCUT2D eigenvalue weighted by Crippen LogP contribution is 2.13. The first-order valence-corrected chi connectivity index (χ1v) is 13.0. The van der Waals surface area contributed by atoms with E-state index in [1.807, 2.05) is 0 Å². The Morgan fingerprint density at radius 3 is 0.949 bits per heavy atom. The predicted molar refractivity (Wildman–Crippen MR) is 145 cm³/mol. The van der Waals surface area contributed by atoms with Gasteiger partial charge in [-0.3, -0.25) is 14.4 Å². The number of rotatable bonds is 21. The summed E-state index contributed by atoms with van der Waals surface area (Å²) in [7, 11) is 9.31. The molecule has 0 aliphatic heterocycles. The van der Waals surface area contributed by atoms with Crippen LogP contribution in [0.3, 0.4) is 0 Å². The van der Waals surface area contributed by atoms with Gasteiger partial charge in [0, 0.05) is 98.2 Å². The molecule has 3 N–H and O–H groups in total. The molecule has 12 heteroatoms. The summed E-state index contributed by atoms with van der Waals surface area (Å²) in [6, 6.07) is 4.43. The summed E-state index contributed by atoms with van der Waals surface area (Å²) in [5.41, 5.74) is 0.626. The smallest absolute Gasteiger partial charge is 0.251 e. The molecule has 1 aromatic carbocycles. The Bertz CT molecular complexity index is 735. The van der Waals surface area contributed by atoms with Gasteiger partial charge in [0.15, 0.2) is 18.9 Å². The zero-order valence-corrected chi connectivity index (χ0v) is 24.0. The molecule has 0 radical (unpaired) electrons. The van der Waals surface area contributed by atoms with Gasteiger partial charge in [0.1, 0.15) is 0 Å². The average molecular weight is 556 g/mol. The minimum Gasteiger partial charge on any atom is -0.356 e. The lowest BCUT2D eigenvalue weighted by Gasteiger charge is -2.15. The van der Waals surface area contributed by atoms with Gasteiger partial charge in [-0.15, -0.1) is 0 Å². The first-order chi connectivity index (χ1) is 18.8. The Morgan fingerprint density at radius 2 is 0.744 bits per heavy atom. The zero-order chi connectivity index (χ0) is 29.0. The molecule has 0 spiro atoms. The van der Waals surface area contributed by atoms with E-state index in [4.69, 9.17) is 28.4 Å². The minimum atomic E-state index is -0.392. The van der Waals surface area contributed by atoms with Gasteiger partial charge in [-0.25, -0.2) is 0 Å². The fourth-order valence-corrected chi connectivity index (χ4v) is 3.73. The summed E-state index contributed by atoms with van der Waals surface area (Å²) in [6.07, 6.45) is 2.62. The van der Waals surface area contributed by atoms with Crippen LogP contribution in [0.5, 0.6) is 0 Å². The first-order valence-electron chi connectivity index (χ1n) is 13.0. The number of carbonyl (C=O) groups is 3. The molecular weight excluding hydrogens is 510 g/mol. The van der Waals surface area contributed by atoms with E-state index in [1.54, 1.807) is 42.7 Å². The molecular formula is C27H45N3O9. The van der Waals surface area contributed by atoms with Crippen molar-refractivity contribution < 1.29 is 42.8 Å². The van der Waals surface area contributed by atoms with Crippen molar-refractivity contribution in [2.45, 2.75) is 57.4 Å². The van der Waals surface area contributed by atoms with Gasteiger partial charge >= 0.3 is 0 Å². The summed E-state index contributed by atoms with van der Waals surface area (Å²) in [4.78, 5) is 38.7. The quantitative estimate of drug-likeness (QED) is 0.153. The third kappa shape index (κ3) is 13.3. The van der Waals surface area contributed by atoms with Gasteiger partial charge < -0.3 is 44.4 Å². The molecule has 0 saturated heterocycles. The molecule has 1 aromatic rings. The average Bonchev–Trinajstić information content (AvgIpc) is 2.96. The van der Waals surface area contributed by atoms with Crippen LogP contribution in [-0.2, 0) is 28.4 Å². The molecule has 0 saturated carbocycles. The number of nitrogens with one attached hydrogen (secondary N) is 3. The highest BCUT2D eigenvalue weighted by atomic mass is 16.7. The van der Waals surface area contributed by atoms with Crippen molar-refractivity contribution in [2.75, 3.05) is 62.3 Å². The number of benzene rings is 1. The maximum atomic E-state index is 12.9. The molecule has 0 aliphatic rings. The molecule has 0 aliphatic carbocycles. The van der Waals surface area contributed by atoms with E-state index in [0.29, 0.717) is 58.2 Å². The number of methoxy groups -OCH3 is 6. The van der Waals surface area contributed by atoms with Crippen LogP contribution in [0.2, 0.25) is 0 Å². The van der Waals surface area contributed by atoms with E-state index in [9.17, 15) is 14.4 Å². The van der Waals surface area contributed by atoms with Gasteiger partial charge in [-0.2, -0.15) is 0 Å². The Balaban J connectivity index is 2.90. The van der Waals surface area contributed by atoms with Crippen molar-refractivity contribution in [3.05, 3.63) is 34.9 Å². The third-order valence-corrected chi connectivity index (χ3v) is 6.00. The lowest BCUT2D eigenvalue weighted by atomic mass is 10.0. The predicted octanol–water partition coefficient (Wildman–Crippen LogP) is 2.07. The van der Waals surface area contributed by atoms with Gasteiger partial charge in [0.25, 0.3) is 17.7 Å². The van der Waals surface area contributed by atoms with Crippen LogP contribution in [0, 0.1) is 0 Å². The van der Waals surface area contributed by atoms with Gasteiger partial charge in [0.2, 0.25) is 0 Å². The molecule has 3 amide bonds. The summed E-state index contributed by atoms with van der Waals surface area (Å²) < 4.78 is 30.9. The van der Waals surface area contributed by atoms with Crippen LogP contribution in [0.4, 0.5) is 0 Å². The molecule has 222 valence electrons. The Hall–Kier alpha value is -2.61. The summed E-state index contributed by atoms with van der Waals surface area (Å²) in [5, 5.41) is 8.46. The van der Waals surface area contributed by atoms with E-state index in [1.165, 1.54) is 18.2 Å². The molecule has 0 unspecified atom stereocenters. The lowest BCUT2D eigenvalue weighted by molar-refractivity contribution is -0.106. The molecule has 1 rings (SSSR count). The van der Waals surface area contributed by atoms with E-state index in [0.717, 1.165) is 0 Å². The van der Waals surface area contributed by atoms with Crippen LogP contribution in [-0.4, -0.2) is 98.9 Å². The van der Waals surface area contributed by atoms with Crippen molar-refractivity contribution in [2.24, 2.45) is 0 Å². The highest BCUT2D eigenvalue weighted by molar-refractivity contribution is 6.04. The van der Waals surface area contributed by atoms with Crippen LogP contribution in [0.1, 0.15) is 69.6 Å². The van der Waals surface area contributed by atoms with Crippen LogP contribution in [0.25, 0.3) is 0 Å². The third-order valence-electron chi connectivity index (χ3n) is 6.00. The normalized spacial score (nSPS) is 11.3. The van der Waals surface area contributed by atoms with E-state index in [-0.39, 0.29) is 35.6 Å². The van der Waals surface area contributed by atoms with Crippen molar-refractivity contribution in [3.63, 3.8) is 0 Å². The fraction of sp³-hybridized carbons (Fsp3) is 0.667. The zero-order valence-electron chi connectivity index (χ0n) is 24.0. The van der Waals surface area contributed by atoms with E-state index >= 15 is 0 Å². The lowest BCUT2D eigenvalue weighted by Crippen LogP contribution is -2.30. The molecule has 0 atom stereocenters. The molecule has 0 aromatic heterocycles. The minimum absolute atomic E-state index is 0.209. The number of amides is 3. The number of carbonyl (C=O) groups excluding carboxylic acids is 3. The summed E-state index contributed by atoms with van der Waals surface area (Å²) >= 11 is 0. The summed E-state index contributed by atoms with van der Waals surface area (Å²) in [6.45, 7) is 1.13. The maximum Gasteiger partial charge on any atom is 0.251 e. The largest absolute Gasteiger partial charge is 0.356 e. The van der Waals surface area contributed by atoms with E-state index < -0.39 is 17.7 Å². The molecule has 0 fully saturated rings. The van der Waals surface area contributed by atoms with E-state index in [2.05, 4.69) is 16.0 Å².